The molecule has 0 aliphatic heterocycles. The first-order valence-corrected chi connectivity index (χ1v) is 3.93. The SMILES string of the molecule is NC(Cc1ccccc1)[C@H](N)O. The Kier molecular flexibility index (Phi) is 3.22. The van der Waals surface area contributed by atoms with Crippen LogP contribution in [0.1, 0.15) is 5.56 Å². The van der Waals surface area contributed by atoms with E-state index < -0.39 is 6.23 Å². The van der Waals surface area contributed by atoms with E-state index in [-0.39, 0.29) is 6.04 Å². The van der Waals surface area contributed by atoms with Gasteiger partial charge in [-0.25, -0.2) is 0 Å². The molecule has 0 spiro atoms. The first-order chi connectivity index (χ1) is 5.70. The second kappa shape index (κ2) is 4.21. The molecule has 0 bridgehead atoms. The summed E-state index contributed by atoms with van der Waals surface area (Å²) in [7, 11) is 0. The lowest BCUT2D eigenvalue weighted by molar-refractivity contribution is 0.151. The van der Waals surface area contributed by atoms with Crippen molar-refractivity contribution in [1.29, 1.82) is 0 Å². The predicted molar refractivity (Wildman–Crippen MR) is 48.3 cm³/mol. The monoisotopic (exact) mass is 166 g/mol. The number of aliphatic hydroxyl groups is 1. The zero-order chi connectivity index (χ0) is 8.97. The highest BCUT2D eigenvalue weighted by Crippen LogP contribution is 2.02. The number of rotatable bonds is 3. The quantitative estimate of drug-likeness (QED) is 0.546. The largest absolute Gasteiger partial charge is 0.377 e. The van der Waals surface area contributed by atoms with Gasteiger partial charge in [-0.15, -0.1) is 0 Å². The molecule has 0 aromatic heterocycles. The van der Waals surface area contributed by atoms with Gasteiger partial charge in [0.15, 0.2) is 0 Å². The molecule has 0 radical (unpaired) electrons. The summed E-state index contributed by atoms with van der Waals surface area (Å²) in [5.41, 5.74) is 11.9. The summed E-state index contributed by atoms with van der Waals surface area (Å²) >= 11 is 0. The minimum absolute atomic E-state index is 0.382. The number of hydrogen-bond acceptors (Lipinski definition) is 3. The number of nitrogens with two attached hydrogens (primary N) is 2. The molecule has 1 unspecified atom stereocenters. The van der Waals surface area contributed by atoms with E-state index in [0.29, 0.717) is 6.42 Å². The second-order valence-corrected chi connectivity index (χ2v) is 2.84. The van der Waals surface area contributed by atoms with E-state index in [2.05, 4.69) is 0 Å². The van der Waals surface area contributed by atoms with E-state index in [1.165, 1.54) is 0 Å². The maximum Gasteiger partial charge on any atom is 0.118 e. The molecule has 0 fully saturated rings. The van der Waals surface area contributed by atoms with Gasteiger partial charge < -0.3 is 16.6 Å². The van der Waals surface area contributed by atoms with Crippen molar-refractivity contribution in [3.8, 4) is 0 Å². The fraction of sp³-hybridized carbons (Fsp3) is 0.333. The van der Waals surface area contributed by atoms with Crippen LogP contribution >= 0.6 is 0 Å². The number of hydrogen-bond donors (Lipinski definition) is 3. The molecule has 0 aliphatic carbocycles. The molecule has 5 N–H and O–H groups in total. The molecule has 66 valence electrons. The average Bonchev–Trinajstić information content (AvgIpc) is 2.06. The smallest absolute Gasteiger partial charge is 0.118 e. The third-order valence-electron chi connectivity index (χ3n) is 1.75. The van der Waals surface area contributed by atoms with Gasteiger partial charge in [0.1, 0.15) is 6.23 Å². The highest BCUT2D eigenvalue weighted by atomic mass is 16.3. The molecule has 0 saturated heterocycles. The zero-order valence-electron chi connectivity index (χ0n) is 6.85. The normalized spacial score (nSPS) is 15.6. The van der Waals surface area contributed by atoms with Gasteiger partial charge in [-0.05, 0) is 12.0 Å². The summed E-state index contributed by atoms with van der Waals surface area (Å²) in [6.07, 6.45) is -0.330. The molecule has 12 heavy (non-hydrogen) atoms. The maximum atomic E-state index is 8.93. The van der Waals surface area contributed by atoms with Crippen LogP contribution in [0.15, 0.2) is 30.3 Å². The third-order valence-corrected chi connectivity index (χ3v) is 1.75. The van der Waals surface area contributed by atoms with Gasteiger partial charge in [-0.2, -0.15) is 0 Å². The zero-order valence-corrected chi connectivity index (χ0v) is 6.85. The van der Waals surface area contributed by atoms with Gasteiger partial charge in [0.2, 0.25) is 0 Å². The van der Waals surface area contributed by atoms with Gasteiger partial charge in [0.05, 0.1) is 0 Å². The van der Waals surface area contributed by atoms with E-state index in [1.807, 2.05) is 30.3 Å². The van der Waals surface area contributed by atoms with E-state index in [0.717, 1.165) is 5.56 Å². The minimum Gasteiger partial charge on any atom is -0.377 e. The fourth-order valence-corrected chi connectivity index (χ4v) is 1.01. The van der Waals surface area contributed by atoms with Crippen LogP contribution in [0.4, 0.5) is 0 Å². The van der Waals surface area contributed by atoms with Crippen molar-refractivity contribution in [3.63, 3.8) is 0 Å². The van der Waals surface area contributed by atoms with Gasteiger partial charge >= 0.3 is 0 Å². The topological polar surface area (TPSA) is 72.3 Å². The van der Waals surface area contributed by atoms with Crippen LogP contribution in [-0.2, 0) is 6.42 Å². The van der Waals surface area contributed by atoms with Crippen molar-refractivity contribution in [2.24, 2.45) is 11.5 Å². The van der Waals surface area contributed by atoms with E-state index in [1.54, 1.807) is 0 Å². The van der Waals surface area contributed by atoms with E-state index >= 15 is 0 Å². The molecule has 0 heterocycles. The van der Waals surface area contributed by atoms with Crippen LogP contribution in [0.3, 0.4) is 0 Å². The number of benzene rings is 1. The molecule has 3 nitrogen and oxygen atoms in total. The van der Waals surface area contributed by atoms with Gasteiger partial charge in [0, 0.05) is 6.04 Å². The molecule has 1 aromatic rings. The first kappa shape index (κ1) is 9.19. The molecule has 2 atom stereocenters. The van der Waals surface area contributed by atoms with Crippen molar-refractivity contribution < 1.29 is 5.11 Å². The lowest BCUT2D eigenvalue weighted by atomic mass is 10.1. The Morgan fingerprint density at radius 3 is 2.25 bits per heavy atom. The maximum absolute atomic E-state index is 8.93. The summed E-state index contributed by atoms with van der Waals surface area (Å²) in [4.78, 5) is 0. The first-order valence-electron chi connectivity index (χ1n) is 3.93. The number of aliphatic hydroxyl groups excluding tert-OH is 1. The van der Waals surface area contributed by atoms with Crippen molar-refractivity contribution in [1.82, 2.24) is 0 Å². The molecule has 1 aromatic carbocycles. The molecular formula is C9H14N2O. The summed E-state index contributed by atoms with van der Waals surface area (Å²) in [6, 6.07) is 9.35. The Hall–Kier alpha value is -0.900. The highest BCUT2D eigenvalue weighted by molar-refractivity contribution is 5.15. The summed E-state index contributed by atoms with van der Waals surface area (Å²) in [5, 5.41) is 8.93. The fourth-order valence-electron chi connectivity index (χ4n) is 1.01. The predicted octanol–water partition coefficient (Wildman–Crippen LogP) is -0.166. The lowest BCUT2D eigenvalue weighted by Gasteiger charge is -2.13. The van der Waals surface area contributed by atoms with E-state index in [9.17, 15) is 0 Å². The minimum atomic E-state index is -0.940. The van der Waals surface area contributed by atoms with Crippen LogP contribution in [0.2, 0.25) is 0 Å². The molecule has 3 heteroatoms. The lowest BCUT2D eigenvalue weighted by Crippen LogP contribution is -2.42. The van der Waals surface area contributed by atoms with Crippen LogP contribution in [-0.4, -0.2) is 17.4 Å². The van der Waals surface area contributed by atoms with Crippen LogP contribution in [0.25, 0.3) is 0 Å². The molecule has 0 saturated carbocycles. The Morgan fingerprint density at radius 1 is 1.17 bits per heavy atom. The van der Waals surface area contributed by atoms with Gasteiger partial charge in [-0.1, -0.05) is 30.3 Å². The van der Waals surface area contributed by atoms with Crippen molar-refractivity contribution in [2.75, 3.05) is 0 Å². The van der Waals surface area contributed by atoms with Crippen molar-refractivity contribution >= 4 is 0 Å². The Labute approximate surface area is 72.0 Å². The second-order valence-electron chi connectivity index (χ2n) is 2.84. The van der Waals surface area contributed by atoms with Crippen molar-refractivity contribution in [2.45, 2.75) is 18.7 Å². The van der Waals surface area contributed by atoms with E-state index in [4.69, 9.17) is 16.6 Å². The Balaban J connectivity index is 2.53. The van der Waals surface area contributed by atoms with Crippen LogP contribution < -0.4 is 11.5 Å². The Morgan fingerprint density at radius 2 is 1.75 bits per heavy atom. The van der Waals surface area contributed by atoms with Crippen molar-refractivity contribution in [3.05, 3.63) is 35.9 Å². The third kappa shape index (κ3) is 2.62. The standard InChI is InChI=1S/C9H14N2O/c10-8(9(11)12)6-7-4-2-1-3-5-7/h1-5,8-9,12H,6,10-11H2/t8?,9-/m1/s1. The average molecular weight is 166 g/mol. The highest BCUT2D eigenvalue weighted by Gasteiger charge is 2.09. The van der Waals surface area contributed by atoms with Gasteiger partial charge in [-0.3, -0.25) is 0 Å². The summed E-state index contributed by atoms with van der Waals surface area (Å²) < 4.78 is 0. The molecule has 0 amide bonds. The summed E-state index contributed by atoms with van der Waals surface area (Å²) in [5.74, 6) is 0. The Bertz CT molecular complexity index is 223. The summed E-state index contributed by atoms with van der Waals surface area (Å²) in [6.45, 7) is 0. The molecule has 0 aliphatic rings. The van der Waals surface area contributed by atoms with Crippen LogP contribution in [0, 0.1) is 0 Å². The molecule has 1 rings (SSSR count). The molecular weight excluding hydrogens is 152 g/mol. The van der Waals surface area contributed by atoms with Gasteiger partial charge in [0.25, 0.3) is 0 Å². The van der Waals surface area contributed by atoms with Crippen LogP contribution in [0.5, 0.6) is 0 Å².